The van der Waals surface area contributed by atoms with Crippen LogP contribution < -0.4 is 0 Å². The van der Waals surface area contributed by atoms with Crippen LogP contribution in [-0.4, -0.2) is 44.6 Å². The summed E-state index contributed by atoms with van der Waals surface area (Å²) in [4.78, 5) is 0. The molecule has 170 valence electrons. The van der Waals surface area contributed by atoms with E-state index < -0.39 is 8.32 Å². The average Bonchev–Trinajstić information content (AvgIpc) is 3.17. The highest BCUT2D eigenvalue weighted by atomic mass is 28.4. The van der Waals surface area contributed by atoms with Crippen molar-refractivity contribution in [1.29, 1.82) is 0 Å². The third-order valence-electron chi connectivity index (χ3n) is 8.73. The first-order valence-electron chi connectivity index (χ1n) is 12.3. The molecule has 4 aliphatic rings. The second-order valence-corrected chi connectivity index (χ2v) is 16.4. The Morgan fingerprint density at radius 1 is 1.03 bits per heavy atom. The molecule has 5 heteroatoms. The van der Waals surface area contributed by atoms with E-state index in [0.717, 1.165) is 19.3 Å². The Bertz CT molecular complexity index is 661. The van der Waals surface area contributed by atoms with Gasteiger partial charge in [-0.1, -0.05) is 51.9 Å². The normalized spacial score (nSPS) is 35.3. The maximum absolute atomic E-state index is 10.8. The van der Waals surface area contributed by atoms with E-state index in [0.29, 0.717) is 31.0 Å². The molecule has 0 radical (unpaired) electrons. The fraction of sp³-hybridized carbons (Fsp3) is 0.920. The van der Waals surface area contributed by atoms with Crippen molar-refractivity contribution in [3.63, 3.8) is 0 Å². The Balaban J connectivity index is 1.52. The van der Waals surface area contributed by atoms with Gasteiger partial charge in [-0.15, -0.1) is 0 Å². The summed E-state index contributed by atoms with van der Waals surface area (Å²) >= 11 is 0. The van der Waals surface area contributed by atoms with E-state index in [1.54, 1.807) is 0 Å². The second kappa shape index (κ2) is 8.52. The molecule has 0 aromatic rings. The number of aliphatic hydroxyl groups is 1. The summed E-state index contributed by atoms with van der Waals surface area (Å²) in [6.07, 6.45) is 8.69. The summed E-state index contributed by atoms with van der Waals surface area (Å²) in [6, 6.07) is 0. The molecule has 3 saturated carbocycles. The molecule has 0 unspecified atom stereocenters. The Hall–Kier alpha value is -0.383. The quantitative estimate of drug-likeness (QED) is 0.495. The summed E-state index contributed by atoms with van der Waals surface area (Å²) in [5, 5.41) is 11.0. The predicted octanol–water partition coefficient (Wildman–Crippen LogP) is 5.11. The number of ether oxygens (including phenoxy) is 2. The van der Waals surface area contributed by atoms with Gasteiger partial charge in [0.1, 0.15) is 6.10 Å². The highest BCUT2D eigenvalue weighted by Gasteiger charge is 2.62. The average molecular weight is 435 g/mol. The topological polar surface area (TPSA) is 47.9 Å². The molecule has 4 rings (SSSR count). The van der Waals surface area contributed by atoms with E-state index >= 15 is 0 Å². The molecule has 3 aliphatic carbocycles. The zero-order valence-electron chi connectivity index (χ0n) is 19.7. The van der Waals surface area contributed by atoms with Crippen LogP contribution in [0.15, 0.2) is 0 Å². The molecule has 30 heavy (non-hydrogen) atoms. The molecule has 1 aliphatic heterocycles. The van der Waals surface area contributed by atoms with Crippen LogP contribution in [0.3, 0.4) is 0 Å². The number of hydrogen-bond acceptors (Lipinski definition) is 4. The Kier molecular flexibility index (Phi) is 6.47. The van der Waals surface area contributed by atoms with Gasteiger partial charge < -0.3 is 19.0 Å². The van der Waals surface area contributed by atoms with E-state index in [2.05, 4.69) is 45.7 Å². The summed E-state index contributed by atoms with van der Waals surface area (Å²) in [7, 11) is -1.90. The number of hydrogen-bond donors (Lipinski definition) is 1. The van der Waals surface area contributed by atoms with Crippen molar-refractivity contribution in [3.05, 3.63) is 0 Å². The van der Waals surface area contributed by atoms with Crippen LogP contribution in [0.1, 0.15) is 72.1 Å². The van der Waals surface area contributed by atoms with Gasteiger partial charge in [0.25, 0.3) is 0 Å². The lowest BCUT2D eigenvalue weighted by atomic mass is 9.56. The fourth-order valence-corrected chi connectivity index (χ4v) is 7.01. The molecule has 1 saturated heterocycles. The molecule has 0 aromatic heterocycles. The Morgan fingerprint density at radius 3 is 2.33 bits per heavy atom. The van der Waals surface area contributed by atoms with Crippen LogP contribution in [0.4, 0.5) is 0 Å². The van der Waals surface area contributed by atoms with Crippen molar-refractivity contribution in [2.24, 2.45) is 23.7 Å². The maximum atomic E-state index is 10.8. The molecule has 0 aromatic carbocycles. The minimum absolute atomic E-state index is 0.00628. The van der Waals surface area contributed by atoms with E-state index in [9.17, 15) is 5.11 Å². The summed E-state index contributed by atoms with van der Waals surface area (Å²) in [5.74, 6) is 8.13. The number of fused-ring (bicyclic) bond motifs is 2. The highest BCUT2D eigenvalue weighted by molar-refractivity contribution is 6.74. The second-order valence-electron chi connectivity index (χ2n) is 11.6. The van der Waals surface area contributed by atoms with Gasteiger partial charge in [0.15, 0.2) is 14.1 Å². The van der Waals surface area contributed by atoms with Gasteiger partial charge in [-0.2, -0.15) is 0 Å². The van der Waals surface area contributed by atoms with Crippen molar-refractivity contribution >= 4 is 8.32 Å². The number of aliphatic hydroxyl groups excluding tert-OH is 1. The highest BCUT2D eigenvalue weighted by Crippen LogP contribution is 2.57. The standard InChI is InChI=1S/C25H42O4Si/c1-24(2,3)30(4,5)29-23(18-9-7-6-8-10-18)14-11-19-20-17-25(27-15-16-28-25)21(20)12-13-22(19)26/h18-23,26H,6-10,12-13,15-17H2,1-5H3/t19-,20-,21+,22-,23-/m0/s1. The lowest BCUT2D eigenvalue weighted by molar-refractivity contribution is -0.296. The predicted molar refractivity (Wildman–Crippen MR) is 121 cm³/mol. The van der Waals surface area contributed by atoms with Crippen LogP contribution in [0.25, 0.3) is 0 Å². The SMILES string of the molecule is CC(C)(C)[Si](C)(C)O[C@@H](C#C[C@H]1[C@@H]2CC3(OCCO3)[C@@H]2CC[C@@H]1O)C1CCCCC1. The van der Waals surface area contributed by atoms with Gasteiger partial charge in [0.2, 0.25) is 0 Å². The summed E-state index contributed by atoms with van der Waals surface area (Å²) < 4.78 is 18.8. The van der Waals surface area contributed by atoms with Gasteiger partial charge in [0, 0.05) is 18.3 Å². The van der Waals surface area contributed by atoms with Crippen molar-refractivity contribution in [1.82, 2.24) is 0 Å². The van der Waals surface area contributed by atoms with Gasteiger partial charge >= 0.3 is 0 Å². The van der Waals surface area contributed by atoms with Crippen molar-refractivity contribution in [3.8, 4) is 11.8 Å². The summed E-state index contributed by atoms with van der Waals surface area (Å²) in [5.41, 5.74) is 0. The van der Waals surface area contributed by atoms with Crippen molar-refractivity contribution in [2.75, 3.05) is 13.2 Å². The number of rotatable bonds is 3. The monoisotopic (exact) mass is 434 g/mol. The zero-order valence-corrected chi connectivity index (χ0v) is 20.7. The molecule has 0 bridgehead atoms. The zero-order chi connectivity index (χ0) is 21.6. The Morgan fingerprint density at radius 2 is 1.70 bits per heavy atom. The van der Waals surface area contributed by atoms with E-state index in [4.69, 9.17) is 13.9 Å². The molecule has 5 atom stereocenters. The first-order chi connectivity index (χ1) is 14.1. The van der Waals surface area contributed by atoms with Crippen LogP contribution in [-0.2, 0) is 13.9 Å². The molecule has 1 heterocycles. The molecular formula is C25H42O4Si. The minimum Gasteiger partial charge on any atom is -0.403 e. The van der Waals surface area contributed by atoms with Crippen molar-refractivity contribution in [2.45, 2.75) is 108 Å². The molecular weight excluding hydrogens is 392 g/mol. The fourth-order valence-electron chi connectivity index (χ4n) is 5.77. The van der Waals surface area contributed by atoms with E-state index in [1.165, 1.54) is 32.1 Å². The van der Waals surface area contributed by atoms with Crippen LogP contribution in [0, 0.1) is 35.5 Å². The van der Waals surface area contributed by atoms with E-state index in [-0.39, 0.29) is 29.0 Å². The largest absolute Gasteiger partial charge is 0.403 e. The smallest absolute Gasteiger partial charge is 0.193 e. The first kappa shape index (κ1) is 22.8. The lowest BCUT2D eigenvalue weighted by Crippen LogP contribution is -2.60. The summed E-state index contributed by atoms with van der Waals surface area (Å²) in [6.45, 7) is 13.0. The van der Waals surface area contributed by atoms with Gasteiger partial charge in [-0.05, 0) is 55.7 Å². The Labute approximate surface area is 184 Å². The van der Waals surface area contributed by atoms with E-state index in [1.807, 2.05) is 0 Å². The van der Waals surface area contributed by atoms with Crippen LogP contribution in [0.5, 0.6) is 0 Å². The third kappa shape index (κ3) is 4.28. The lowest BCUT2D eigenvalue weighted by Gasteiger charge is -2.56. The molecule has 0 amide bonds. The first-order valence-corrected chi connectivity index (χ1v) is 15.2. The maximum Gasteiger partial charge on any atom is 0.193 e. The van der Waals surface area contributed by atoms with Gasteiger partial charge in [-0.3, -0.25) is 0 Å². The molecule has 1 spiro atoms. The van der Waals surface area contributed by atoms with Gasteiger partial charge in [-0.25, -0.2) is 0 Å². The molecule has 4 nitrogen and oxygen atoms in total. The molecule has 1 N–H and O–H groups in total. The molecule has 4 fully saturated rings. The van der Waals surface area contributed by atoms with Gasteiger partial charge in [0.05, 0.1) is 19.3 Å². The third-order valence-corrected chi connectivity index (χ3v) is 13.2. The van der Waals surface area contributed by atoms with Crippen LogP contribution in [0.2, 0.25) is 18.1 Å². The minimum atomic E-state index is -1.90. The van der Waals surface area contributed by atoms with Crippen LogP contribution >= 0.6 is 0 Å². The van der Waals surface area contributed by atoms with Crippen molar-refractivity contribution < 1.29 is 19.0 Å².